The number of likely N-dealkylation sites (N-methyl/N-ethyl adjacent to an activating group) is 1. The second-order valence-electron chi connectivity index (χ2n) is 4.95. The Bertz CT molecular complexity index is 228. The summed E-state index contributed by atoms with van der Waals surface area (Å²) in [6.07, 6.45) is 3.08. The van der Waals surface area contributed by atoms with E-state index in [4.69, 9.17) is 4.74 Å². The van der Waals surface area contributed by atoms with Gasteiger partial charge in [0.2, 0.25) is 0 Å². The third-order valence-corrected chi connectivity index (χ3v) is 3.21. The number of esters is 1. The van der Waals surface area contributed by atoms with Crippen molar-refractivity contribution in [3.05, 3.63) is 0 Å². The van der Waals surface area contributed by atoms with E-state index in [0.29, 0.717) is 0 Å². The number of rotatable bonds is 10. The monoisotopic (exact) mass is 258 g/mol. The Hall–Kier alpha value is -0.610. The number of carbonyl (C=O) groups excluding carboxylic acids is 1. The normalized spacial score (nSPS) is 14.6. The molecule has 0 saturated carbocycles. The molecule has 0 rings (SSSR count). The van der Waals surface area contributed by atoms with Gasteiger partial charge >= 0.3 is 5.97 Å². The molecular weight excluding hydrogens is 228 g/mol. The molecule has 4 nitrogen and oxygen atoms in total. The number of hydrogen-bond acceptors (Lipinski definition) is 4. The second kappa shape index (κ2) is 9.34. The fourth-order valence-electron chi connectivity index (χ4n) is 2.23. The van der Waals surface area contributed by atoms with Crippen molar-refractivity contribution in [1.82, 2.24) is 10.2 Å². The molecule has 0 aromatic carbocycles. The van der Waals surface area contributed by atoms with Gasteiger partial charge in [-0.1, -0.05) is 20.8 Å². The number of hydrogen-bond donors (Lipinski definition) is 1. The Labute approximate surface area is 112 Å². The highest BCUT2D eigenvalue weighted by Gasteiger charge is 2.33. The van der Waals surface area contributed by atoms with Crippen LogP contribution in [0.15, 0.2) is 0 Å². The lowest BCUT2D eigenvalue weighted by Gasteiger charge is -2.30. The number of ether oxygens (including phenoxy) is 1. The summed E-state index contributed by atoms with van der Waals surface area (Å²) >= 11 is 0. The molecule has 0 amide bonds. The topological polar surface area (TPSA) is 41.6 Å². The molecule has 0 aromatic heterocycles. The van der Waals surface area contributed by atoms with Crippen LogP contribution in [0.4, 0.5) is 0 Å². The highest BCUT2D eigenvalue weighted by molar-refractivity contribution is 5.80. The third-order valence-electron chi connectivity index (χ3n) is 3.21. The summed E-state index contributed by atoms with van der Waals surface area (Å²) in [5.41, 5.74) is -0.566. The largest absolute Gasteiger partial charge is 0.468 e. The summed E-state index contributed by atoms with van der Waals surface area (Å²) in [6, 6.07) is 0. The standard InChI is InChI=1S/C14H30N2O2/c1-6-10-16(11-7-2)12-9-14(4,15-8-3)13(17)18-5/h15H,6-12H2,1-5H3. The Morgan fingerprint density at radius 2 is 1.72 bits per heavy atom. The van der Waals surface area contributed by atoms with Gasteiger partial charge < -0.3 is 15.0 Å². The minimum atomic E-state index is -0.566. The molecule has 108 valence electrons. The molecule has 18 heavy (non-hydrogen) atoms. The number of methoxy groups -OCH3 is 1. The first-order chi connectivity index (χ1) is 8.53. The van der Waals surface area contributed by atoms with E-state index in [-0.39, 0.29) is 5.97 Å². The van der Waals surface area contributed by atoms with Crippen molar-refractivity contribution in [1.29, 1.82) is 0 Å². The average molecular weight is 258 g/mol. The average Bonchev–Trinajstić information content (AvgIpc) is 2.36. The molecule has 0 spiro atoms. The Morgan fingerprint density at radius 3 is 2.11 bits per heavy atom. The van der Waals surface area contributed by atoms with Gasteiger partial charge in [0, 0.05) is 6.54 Å². The van der Waals surface area contributed by atoms with Crippen LogP contribution in [0.1, 0.15) is 47.0 Å². The summed E-state index contributed by atoms with van der Waals surface area (Å²) in [6.45, 7) is 12.2. The van der Waals surface area contributed by atoms with Crippen LogP contribution < -0.4 is 5.32 Å². The minimum Gasteiger partial charge on any atom is -0.468 e. The zero-order chi connectivity index (χ0) is 14.0. The lowest BCUT2D eigenvalue weighted by molar-refractivity contribution is -0.148. The van der Waals surface area contributed by atoms with Crippen LogP contribution >= 0.6 is 0 Å². The van der Waals surface area contributed by atoms with E-state index in [1.807, 2.05) is 13.8 Å². The first-order valence-electron chi connectivity index (χ1n) is 7.09. The summed E-state index contributed by atoms with van der Waals surface area (Å²) in [7, 11) is 1.45. The highest BCUT2D eigenvalue weighted by Crippen LogP contribution is 2.13. The van der Waals surface area contributed by atoms with Crippen LogP contribution in [-0.2, 0) is 9.53 Å². The molecule has 0 fully saturated rings. The van der Waals surface area contributed by atoms with E-state index >= 15 is 0 Å². The Kier molecular flexibility index (Phi) is 9.02. The number of nitrogens with zero attached hydrogens (tertiary/aromatic N) is 1. The third kappa shape index (κ3) is 5.83. The maximum absolute atomic E-state index is 11.8. The fraction of sp³-hybridized carbons (Fsp3) is 0.929. The van der Waals surface area contributed by atoms with Crippen molar-refractivity contribution in [2.45, 2.75) is 52.5 Å². The van der Waals surface area contributed by atoms with Crippen LogP contribution in [0.2, 0.25) is 0 Å². The SMILES string of the molecule is CCCN(CCC)CCC(C)(NCC)C(=O)OC. The smallest absolute Gasteiger partial charge is 0.325 e. The molecule has 0 heterocycles. The molecular formula is C14H30N2O2. The van der Waals surface area contributed by atoms with Gasteiger partial charge in [-0.3, -0.25) is 4.79 Å². The van der Waals surface area contributed by atoms with Crippen molar-refractivity contribution in [2.75, 3.05) is 33.3 Å². The lowest BCUT2D eigenvalue weighted by Crippen LogP contribution is -2.52. The van der Waals surface area contributed by atoms with E-state index < -0.39 is 5.54 Å². The Morgan fingerprint density at radius 1 is 1.17 bits per heavy atom. The van der Waals surface area contributed by atoms with Gasteiger partial charge in [0.1, 0.15) is 5.54 Å². The van der Waals surface area contributed by atoms with Crippen LogP contribution in [-0.4, -0.2) is 49.7 Å². The second-order valence-corrected chi connectivity index (χ2v) is 4.95. The van der Waals surface area contributed by atoms with Crippen molar-refractivity contribution >= 4 is 5.97 Å². The summed E-state index contributed by atoms with van der Waals surface area (Å²) in [5.74, 6) is -0.169. The van der Waals surface area contributed by atoms with Gasteiger partial charge in [-0.25, -0.2) is 0 Å². The molecule has 0 aliphatic rings. The van der Waals surface area contributed by atoms with E-state index in [1.165, 1.54) is 7.11 Å². The summed E-state index contributed by atoms with van der Waals surface area (Å²) in [4.78, 5) is 14.3. The van der Waals surface area contributed by atoms with Gasteiger partial charge in [0.05, 0.1) is 7.11 Å². The van der Waals surface area contributed by atoms with Gasteiger partial charge in [0.15, 0.2) is 0 Å². The van der Waals surface area contributed by atoms with Crippen LogP contribution in [0.25, 0.3) is 0 Å². The van der Waals surface area contributed by atoms with E-state index in [2.05, 4.69) is 24.1 Å². The zero-order valence-electron chi connectivity index (χ0n) is 12.7. The first kappa shape index (κ1) is 17.4. The highest BCUT2D eigenvalue weighted by atomic mass is 16.5. The van der Waals surface area contributed by atoms with Gasteiger partial charge in [-0.2, -0.15) is 0 Å². The van der Waals surface area contributed by atoms with Gasteiger partial charge in [-0.15, -0.1) is 0 Å². The van der Waals surface area contributed by atoms with E-state index in [9.17, 15) is 4.79 Å². The van der Waals surface area contributed by atoms with Crippen molar-refractivity contribution in [3.63, 3.8) is 0 Å². The molecule has 1 atom stereocenters. The quantitative estimate of drug-likeness (QED) is 0.609. The van der Waals surface area contributed by atoms with E-state index in [0.717, 1.165) is 45.4 Å². The van der Waals surface area contributed by atoms with Crippen molar-refractivity contribution in [2.24, 2.45) is 0 Å². The maximum atomic E-state index is 11.8. The Balaban J connectivity index is 4.43. The van der Waals surface area contributed by atoms with Crippen molar-refractivity contribution < 1.29 is 9.53 Å². The molecule has 0 aliphatic heterocycles. The van der Waals surface area contributed by atoms with E-state index in [1.54, 1.807) is 0 Å². The molecule has 4 heteroatoms. The summed E-state index contributed by atoms with van der Waals surface area (Å²) in [5, 5.41) is 3.25. The molecule has 0 aromatic rings. The van der Waals surface area contributed by atoms with Crippen LogP contribution in [0.3, 0.4) is 0 Å². The van der Waals surface area contributed by atoms with Gasteiger partial charge in [0.25, 0.3) is 0 Å². The zero-order valence-corrected chi connectivity index (χ0v) is 12.7. The lowest BCUT2D eigenvalue weighted by atomic mass is 9.97. The number of nitrogens with one attached hydrogen (secondary N) is 1. The molecule has 0 saturated heterocycles. The molecule has 0 radical (unpaired) electrons. The molecule has 0 bridgehead atoms. The van der Waals surface area contributed by atoms with Crippen molar-refractivity contribution in [3.8, 4) is 0 Å². The van der Waals surface area contributed by atoms with Crippen LogP contribution in [0, 0.1) is 0 Å². The molecule has 1 unspecified atom stereocenters. The predicted molar refractivity (Wildman–Crippen MR) is 75.7 cm³/mol. The van der Waals surface area contributed by atoms with Crippen LogP contribution in [0.5, 0.6) is 0 Å². The number of carbonyl (C=O) groups is 1. The molecule has 0 aliphatic carbocycles. The fourth-order valence-corrected chi connectivity index (χ4v) is 2.23. The summed E-state index contributed by atoms with van der Waals surface area (Å²) < 4.78 is 4.90. The predicted octanol–water partition coefficient (Wildman–Crippen LogP) is 2.04. The maximum Gasteiger partial charge on any atom is 0.325 e. The van der Waals surface area contributed by atoms with Gasteiger partial charge in [-0.05, 0) is 45.8 Å². The minimum absolute atomic E-state index is 0.169. The first-order valence-corrected chi connectivity index (χ1v) is 7.09. The molecule has 1 N–H and O–H groups in total.